The van der Waals surface area contributed by atoms with Crippen molar-refractivity contribution in [2.24, 2.45) is 0 Å². The van der Waals surface area contributed by atoms with E-state index in [2.05, 4.69) is 5.32 Å². The average molecular weight is 402 g/mol. The van der Waals surface area contributed by atoms with Crippen LogP contribution in [0.25, 0.3) is 0 Å². The molecule has 29 heavy (non-hydrogen) atoms. The van der Waals surface area contributed by atoms with Gasteiger partial charge in [-0.25, -0.2) is 8.78 Å². The van der Waals surface area contributed by atoms with Crippen molar-refractivity contribution >= 4 is 17.5 Å². The first-order chi connectivity index (χ1) is 14.0. The van der Waals surface area contributed by atoms with Gasteiger partial charge in [0, 0.05) is 36.8 Å². The number of rotatable bonds is 7. The highest BCUT2D eigenvalue weighted by atomic mass is 19.1. The average Bonchev–Trinajstić information content (AvgIpc) is 3.22. The third-order valence-electron chi connectivity index (χ3n) is 4.93. The highest BCUT2D eigenvalue weighted by Gasteiger charge is 2.22. The Labute approximate surface area is 168 Å². The molecule has 2 aromatic rings. The number of hydrogen-bond acceptors (Lipinski definition) is 3. The number of carbonyl (C=O) groups is 2. The number of hydrogen-bond donors (Lipinski definition) is 1. The first-order valence-electron chi connectivity index (χ1n) is 9.72. The molecule has 1 aliphatic rings. The highest BCUT2D eigenvalue weighted by molar-refractivity contribution is 5.99. The van der Waals surface area contributed by atoms with E-state index in [0.717, 1.165) is 43.6 Å². The summed E-state index contributed by atoms with van der Waals surface area (Å²) in [7, 11) is 0. The zero-order valence-electron chi connectivity index (χ0n) is 16.3. The van der Waals surface area contributed by atoms with E-state index in [-0.39, 0.29) is 30.6 Å². The quantitative estimate of drug-likeness (QED) is 0.703. The minimum absolute atomic E-state index is 0.00850. The second kappa shape index (κ2) is 9.49. The van der Waals surface area contributed by atoms with Crippen molar-refractivity contribution in [3.05, 3.63) is 59.2 Å². The smallest absolute Gasteiger partial charge is 0.254 e. The summed E-state index contributed by atoms with van der Waals surface area (Å²) < 4.78 is 31.6. The molecule has 0 aliphatic carbocycles. The van der Waals surface area contributed by atoms with Crippen LogP contribution in [0.15, 0.2) is 36.4 Å². The van der Waals surface area contributed by atoms with Gasteiger partial charge in [-0.15, -0.1) is 0 Å². The topological polar surface area (TPSA) is 58.6 Å². The Balaban J connectivity index is 1.51. The van der Waals surface area contributed by atoms with E-state index in [9.17, 15) is 18.4 Å². The Morgan fingerprint density at radius 3 is 2.62 bits per heavy atom. The van der Waals surface area contributed by atoms with E-state index >= 15 is 0 Å². The van der Waals surface area contributed by atoms with Gasteiger partial charge < -0.3 is 15.0 Å². The number of nitrogens with one attached hydrogen (secondary N) is 1. The van der Waals surface area contributed by atoms with E-state index in [1.165, 1.54) is 6.07 Å². The van der Waals surface area contributed by atoms with Crippen LogP contribution in [0.4, 0.5) is 14.5 Å². The lowest BCUT2D eigenvalue weighted by atomic mass is 10.1. The van der Waals surface area contributed by atoms with Crippen LogP contribution < -0.4 is 10.1 Å². The van der Waals surface area contributed by atoms with Gasteiger partial charge in [0.05, 0.1) is 6.61 Å². The van der Waals surface area contributed by atoms with Crippen molar-refractivity contribution in [1.82, 2.24) is 4.90 Å². The summed E-state index contributed by atoms with van der Waals surface area (Å²) in [6.45, 7) is 3.48. The predicted molar refractivity (Wildman–Crippen MR) is 106 cm³/mol. The van der Waals surface area contributed by atoms with Crippen molar-refractivity contribution in [2.45, 2.75) is 32.6 Å². The third kappa shape index (κ3) is 5.31. The molecule has 2 aromatic carbocycles. The molecule has 154 valence electrons. The molecule has 0 bridgehead atoms. The van der Waals surface area contributed by atoms with Crippen LogP contribution in [0.5, 0.6) is 5.75 Å². The third-order valence-corrected chi connectivity index (χ3v) is 4.93. The highest BCUT2D eigenvalue weighted by Crippen LogP contribution is 2.23. The van der Waals surface area contributed by atoms with E-state index in [1.54, 1.807) is 18.2 Å². The maximum atomic E-state index is 13.5. The largest absolute Gasteiger partial charge is 0.491 e. The zero-order valence-corrected chi connectivity index (χ0v) is 16.3. The number of nitrogens with zero attached hydrogens (tertiary/aromatic N) is 1. The number of carbonyl (C=O) groups excluding carboxylic acids is 2. The minimum Gasteiger partial charge on any atom is -0.491 e. The van der Waals surface area contributed by atoms with Crippen LogP contribution >= 0.6 is 0 Å². The first kappa shape index (κ1) is 20.8. The van der Waals surface area contributed by atoms with E-state index in [0.29, 0.717) is 17.7 Å². The number of benzene rings is 2. The van der Waals surface area contributed by atoms with E-state index in [1.807, 2.05) is 11.8 Å². The fraction of sp³-hybridized carbons (Fsp3) is 0.364. The molecule has 5 nitrogen and oxygen atoms in total. The molecular weight excluding hydrogens is 378 g/mol. The van der Waals surface area contributed by atoms with Gasteiger partial charge in [-0.05, 0) is 56.0 Å². The number of anilines is 1. The Kier molecular flexibility index (Phi) is 6.80. The first-order valence-corrected chi connectivity index (χ1v) is 9.72. The summed E-state index contributed by atoms with van der Waals surface area (Å²) in [5.41, 5.74) is 1.94. The Morgan fingerprint density at radius 1 is 1.14 bits per heavy atom. The van der Waals surface area contributed by atoms with E-state index in [4.69, 9.17) is 4.74 Å². The molecule has 0 aromatic heterocycles. The van der Waals surface area contributed by atoms with Crippen LogP contribution in [-0.2, 0) is 4.79 Å². The fourth-order valence-electron chi connectivity index (χ4n) is 3.31. The number of likely N-dealkylation sites (tertiary alicyclic amines) is 1. The van der Waals surface area contributed by atoms with Gasteiger partial charge in [-0.3, -0.25) is 9.59 Å². The molecule has 0 saturated carbocycles. The molecule has 0 atom stereocenters. The lowest BCUT2D eigenvalue weighted by Crippen LogP contribution is -2.28. The normalized spacial score (nSPS) is 13.4. The van der Waals surface area contributed by atoms with Crippen molar-refractivity contribution < 1.29 is 23.1 Å². The summed E-state index contributed by atoms with van der Waals surface area (Å²) in [6, 6.07) is 8.38. The Morgan fingerprint density at radius 2 is 1.90 bits per heavy atom. The summed E-state index contributed by atoms with van der Waals surface area (Å²) in [6.07, 6.45) is 2.58. The Hall–Kier alpha value is -2.96. The van der Waals surface area contributed by atoms with Crippen LogP contribution in [0.1, 0.15) is 41.6 Å². The monoisotopic (exact) mass is 402 g/mol. The van der Waals surface area contributed by atoms with Crippen molar-refractivity contribution in [3.8, 4) is 5.75 Å². The van der Waals surface area contributed by atoms with Crippen LogP contribution in [0.3, 0.4) is 0 Å². The molecule has 7 heteroatoms. The van der Waals surface area contributed by atoms with Gasteiger partial charge in [0.15, 0.2) is 11.6 Å². The van der Waals surface area contributed by atoms with Gasteiger partial charge in [-0.2, -0.15) is 0 Å². The van der Waals surface area contributed by atoms with E-state index < -0.39 is 11.6 Å². The van der Waals surface area contributed by atoms with Gasteiger partial charge >= 0.3 is 0 Å². The summed E-state index contributed by atoms with van der Waals surface area (Å²) in [4.78, 5) is 26.7. The summed E-state index contributed by atoms with van der Waals surface area (Å²) in [5, 5.41) is 2.82. The van der Waals surface area contributed by atoms with Crippen LogP contribution in [-0.4, -0.2) is 36.4 Å². The molecular formula is C22H24F2N2O3. The molecule has 0 unspecified atom stereocenters. The lowest BCUT2D eigenvalue weighted by Gasteiger charge is -2.18. The molecule has 1 aliphatic heterocycles. The standard InChI is InChI=1S/C22H24F2N2O3/c1-15-17(22(28)26-11-2-3-12-26)6-4-7-19(15)25-21(27)8-5-13-29-20-10-9-16(23)14-18(20)24/h4,6-7,9-10,14H,2-3,5,8,11-13H2,1H3,(H,25,27). The number of halogens is 2. The van der Waals surface area contributed by atoms with Crippen molar-refractivity contribution in [2.75, 3.05) is 25.0 Å². The maximum absolute atomic E-state index is 13.5. The summed E-state index contributed by atoms with van der Waals surface area (Å²) >= 11 is 0. The van der Waals surface area contributed by atoms with Gasteiger partial charge in [0.2, 0.25) is 5.91 Å². The maximum Gasteiger partial charge on any atom is 0.254 e. The predicted octanol–water partition coefficient (Wildman–Crippen LogP) is 4.31. The molecule has 2 amide bonds. The number of amides is 2. The second-order valence-electron chi connectivity index (χ2n) is 7.05. The second-order valence-corrected chi connectivity index (χ2v) is 7.05. The molecule has 1 N–H and O–H groups in total. The molecule has 1 fully saturated rings. The van der Waals surface area contributed by atoms with Crippen molar-refractivity contribution in [1.29, 1.82) is 0 Å². The molecule has 1 heterocycles. The molecule has 1 saturated heterocycles. The molecule has 0 radical (unpaired) electrons. The minimum atomic E-state index is -0.774. The van der Waals surface area contributed by atoms with Gasteiger partial charge in [0.25, 0.3) is 5.91 Å². The molecule has 3 rings (SSSR count). The SMILES string of the molecule is Cc1c(NC(=O)CCCOc2ccc(F)cc2F)cccc1C(=O)N1CCCC1. The Bertz CT molecular complexity index is 896. The number of ether oxygens (including phenoxy) is 1. The molecule has 0 spiro atoms. The van der Waals surface area contributed by atoms with Gasteiger partial charge in [-0.1, -0.05) is 6.07 Å². The van der Waals surface area contributed by atoms with Crippen LogP contribution in [0.2, 0.25) is 0 Å². The van der Waals surface area contributed by atoms with Gasteiger partial charge in [0.1, 0.15) is 5.82 Å². The summed E-state index contributed by atoms with van der Waals surface area (Å²) in [5.74, 6) is -1.72. The fourth-order valence-corrected chi connectivity index (χ4v) is 3.31. The lowest BCUT2D eigenvalue weighted by molar-refractivity contribution is -0.116. The van der Waals surface area contributed by atoms with Crippen molar-refractivity contribution in [3.63, 3.8) is 0 Å². The zero-order chi connectivity index (χ0) is 20.8. The van der Waals surface area contributed by atoms with Crippen LogP contribution in [0, 0.1) is 18.6 Å².